The van der Waals surface area contributed by atoms with Crippen molar-refractivity contribution in [2.75, 3.05) is 31.1 Å². The standard InChI is InChI=1S/C17H16F2N4O2S.CH2O2/c18-12-3-4-16(13(19)10-12)26(24,25)23-11-15(22-8-6-20-7-9-22)17-14(23)2-1-5-21-17;2-1-3/h1-5,10-11,20H,6-9H2;1H,(H,2,3). The molecule has 1 aliphatic rings. The molecule has 11 heteroatoms. The molecular weight excluding hydrogens is 406 g/mol. The van der Waals surface area contributed by atoms with E-state index in [0.29, 0.717) is 35.9 Å². The number of anilines is 1. The molecule has 0 spiro atoms. The minimum Gasteiger partial charge on any atom is -0.483 e. The van der Waals surface area contributed by atoms with Crippen LogP contribution in [0.1, 0.15) is 0 Å². The van der Waals surface area contributed by atoms with Gasteiger partial charge in [0.2, 0.25) is 0 Å². The highest BCUT2D eigenvalue weighted by Gasteiger charge is 2.27. The number of fused-ring (bicyclic) bond motifs is 1. The number of hydrogen-bond acceptors (Lipinski definition) is 6. The summed E-state index contributed by atoms with van der Waals surface area (Å²) in [6.45, 7) is 2.72. The van der Waals surface area contributed by atoms with E-state index in [-0.39, 0.29) is 6.47 Å². The summed E-state index contributed by atoms with van der Waals surface area (Å²) in [7, 11) is -4.24. The Kier molecular flexibility index (Phi) is 6.09. The van der Waals surface area contributed by atoms with Gasteiger partial charge in [-0.3, -0.25) is 9.78 Å². The molecule has 2 aromatic heterocycles. The summed E-state index contributed by atoms with van der Waals surface area (Å²) in [4.78, 5) is 14.1. The average Bonchev–Trinajstić information content (AvgIpc) is 3.09. The SMILES string of the molecule is O=CO.O=S(=O)(c1ccc(F)cc1F)n1cc(N2CCNCC2)c2ncccc21. The minimum absolute atomic E-state index is 0.250. The van der Waals surface area contributed by atoms with Gasteiger partial charge >= 0.3 is 0 Å². The first kappa shape index (κ1) is 20.7. The molecule has 0 atom stereocenters. The Morgan fingerprint density at radius 2 is 1.86 bits per heavy atom. The molecule has 0 unspecified atom stereocenters. The monoisotopic (exact) mass is 424 g/mol. The van der Waals surface area contributed by atoms with Crippen LogP contribution in [0, 0.1) is 11.6 Å². The van der Waals surface area contributed by atoms with Gasteiger partial charge in [0.05, 0.1) is 11.2 Å². The fraction of sp³-hybridized carbons (Fsp3) is 0.222. The van der Waals surface area contributed by atoms with Gasteiger partial charge in [-0.15, -0.1) is 0 Å². The number of halogens is 2. The molecular formula is C18H18F2N4O4S. The molecule has 0 saturated carbocycles. The molecule has 8 nitrogen and oxygen atoms in total. The highest BCUT2D eigenvalue weighted by Crippen LogP contribution is 2.31. The maximum Gasteiger partial charge on any atom is 0.290 e. The van der Waals surface area contributed by atoms with Crippen LogP contribution in [0.3, 0.4) is 0 Å². The molecule has 29 heavy (non-hydrogen) atoms. The summed E-state index contributed by atoms with van der Waals surface area (Å²) in [6, 6.07) is 5.67. The van der Waals surface area contributed by atoms with Gasteiger partial charge in [0.15, 0.2) is 0 Å². The van der Waals surface area contributed by atoms with E-state index >= 15 is 0 Å². The predicted octanol–water partition coefficient (Wildman–Crippen LogP) is 1.66. The second-order valence-electron chi connectivity index (χ2n) is 6.10. The number of rotatable bonds is 3. The smallest absolute Gasteiger partial charge is 0.290 e. The van der Waals surface area contributed by atoms with Crippen LogP contribution >= 0.6 is 0 Å². The van der Waals surface area contributed by atoms with Crippen LogP contribution in [0.25, 0.3) is 11.0 Å². The maximum absolute atomic E-state index is 14.1. The van der Waals surface area contributed by atoms with Crippen molar-refractivity contribution in [1.82, 2.24) is 14.3 Å². The lowest BCUT2D eigenvalue weighted by Crippen LogP contribution is -2.43. The molecule has 1 fully saturated rings. The second-order valence-corrected chi connectivity index (χ2v) is 7.89. The number of benzene rings is 1. The summed E-state index contributed by atoms with van der Waals surface area (Å²) < 4.78 is 54.4. The van der Waals surface area contributed by atoms with Crippen LogP contribution in [-0.4, -0.2) is 55.1 Å². The molecule has 2 N–H and O–H groups in total. The van der Waals surface area contributed by atoms with Crippen LogP contribution < -0.4 is 10.2 Å². The molecule has 3 heterocycles. The summed E-state index contributed by atoms with van der Waals surface area (Å²) in [5.41, 5.74) is 1.55. The maximum atomic E-state index is 14.1. The second kappa shape index (κ2) is 8.53. The van der Waals surface area contributed by atoms with E-state index in [2.05, 4.69) is 10.3 Å². The first-order chi connectivity index (χ1) is 13.9. The van der Waals surface area contributed by atoms with Gasteiger partial charge in [0.1, 0.15) is 22.0 Å². The van der Waals surface area contributed by atoms with E-state index in [9.17, 15) is 17.2 Å². The number of hydrogen-bond donors (Lipinski definition) is 2. The van der Waals surface area contributed by atoms with Gasteiger partial charge in [-0.25, -0.2) is 21.2 Å². The fourth-order valence-electron chi connectivity index (χ4n) is 3.14. The van der Waals surface area contributed by atoms with Crippen molar-refractivity contribution >= 4 is 33.2 Å². The highest BCUT2D eigenvalue weighted by molar-refractivity contribution is 7.90. The third-order valence-electron chi connectivity index (χ3n) is 4.39. The minimum atomic E-state index is -4.24. The van der Waals surface area contributed by atoms with E-state index in [0.717, 1.165) is 29.2 Å². The van der Waals surface area contributed by atoms with Gasteiger partial charge in [-0.05, 0) is 24.3 Å². The van der Waals surface area contributed by atoms with Crippen LogP contribution in [0.4, 0.5) is 14.5 Å². The molecule has 0 bridgehead atoms. The Morgan fingerprint density at radius 3 is 2.52 bits per heavy atom. The Balaban J connectivity index is 0.000000755. The zero-order valence-corrected chi connectivity index (χ0v) is 15.9. The molecule has 1 aromatic carbocycles. The van der Waals surface area contributed by atoms with E-state index in [1.807, 2.05) is 4.90 Å². The number of nitrogens with zero attached hydrogens (tertiary/aromatic N) is 3. The third kappa shape index (κ3) is 4.05. The largest absolute Gasteiger partial charge is 0.483 e. The quantitative estimate of drug-likeness (QED) is 0.616. The van der Waals surface area contributed by atoms with Crippen LogP contribution in [0.15, 0.2) is 47.6 Å². The molecule has 4 rings (SSSR count). The lowest BCUT2D eigenvalue weighted by molar-refractivity contribution is -0.122. The zero-order valence-electron chi connectivity index (χ0n) is 15.1. The van der Waals surface area contributed by atoms with Crippen molar-refractivity contribution in [2.24, 2.45) is 0 Å². The lowest BCUT2D eigenvalue weighted by Gasteiger charge is -2.28. The normalized spacial score (nSPS) is 14.3. The first-order valence-corrected chi connectivity index (χ1v) is 10.0. The van der Waals surface area contributed by atoms with Gasteiger partial charge in [0, 0.05) is 44.6 Å². The van der Waals surface area contributed by atoms with E-state index in [4.69, 9.17) is 9.90 Å². The van der Waals surface area contributed by atoms with Crippen molar-refractivity contribution in [2.45, 2.75) is 4.90 Å². The summed E-state index contributed by atoms with van der Waals surface area (Å²) >= 11 is 0. The van der Waals surface area contributed by atoms with Crippen LogP contribution in [0.2, 0.25) is 0 Å². The molecule has 0 radical (unpaired) electrons. The van der Waals surface area contributed by atoms with Crippen molar-refractivity contribution in [3.8, 4) is 0 Å². The summed E-state index contributed by atoms with van der Waals surface area (Å²) in [5, 5.41) is 10.1. The average molecular weight is 424 g/mol. The Morgan fingerprint density at radius 1 is 1.17 bits per heavy atom. The molecule has 0 aliphatic carbocycles. The number of pyridine rings is 1. The predicted molar refractivity (Wildman–Crippen MR) is 102 cm³/mol. The van der Waals surface area contributed by atoms with Crippen molar-refractivity contribution in [3.63, 3.8) is 0 Å². The third-order valence-corrected chi connectivity index (χ3v) is 6.10. The number of carboxylic acid groups (broad SMARTS) is 1. The number of nitrogens with one attached hydrogen (secondary N) is 1. The fourth-order valence-corrected chi connectivity index (χ4v) is 4.54. The molecule has 154 valence electrons. The summed E-state index contributed by atoms with van der Waals surface area (Å²) in [5.74, 6) is -1.96. The molecule has 1 aliphatic heterocycles. The molecule has 1 saturated heterocycles. The van der Waals surface area contributed by atoms with Gasteiger partial charge in [0.25, 0.3) is 16.5 Å². The Bertz CT molecular complexity index is 1130. The Labute approximate surface area is 165 Å². The summed E-state index contributed by atoms with van der Waals surface area (Å²) in [6.07, 6.45) is 3.05. The van der Waals surface area contributed by atoms with Gasteiger partial charge in [-0.2, -0.15) is 0 Å². The van der Waals surface area contributed by atoms with Gasteiger partial charge in [-0.1, -0.05) is 0 Å². The first-order valence-electron chi connectivity index (χ1n) is 8.60. The van der Waals surface area contributed by atoms with Crippen LogP contribution in [0.5, 0.6) is 0 Å². The number of carbonyl (C=O) groups is 1. The zero-order chi connectivity index (χ0) is 21.0. The van der Waals surface area contributed by atoms with E-state index in [1.165, 1.54) is 6.20 Å². The lowest BCUT2D eigenvalue weighted by atomic mass is 10.3. The number of aromatic nitrogens is 2. The highest BCUT2D eigenvalue weighted by atomic mass is 32.2. The van der Waals surface area contributed by atoms with Crippen LogP contribution in [-0.2, 0) is 14.8 Å². The van der Waals surface area contributed by atoms with E-state index in [1.54, 1.807) is 18.3 Å². The van der Waals surface area contributed by atoms with Crippen molar-refractivity contribution < 1.29 is 27.1 Å². The Hall–Kier alpha value is -3.05. The van der Waals surface area contributed by atoms with E-state index < -0.39 is 26.6 Å². The number of piperazine rings is 1. The molecule has 0 amide bonds. The van der Waals surface area contributed by atoms with Crippen molar-refractivity contribution in [3.05, 3.63) is 54.4 Å². The topological polar surface area (TPSA) is 105 Å². The molecule has 3 aromatic rings. The van der Waals surface area contributed by atoms with Gasteiger partial charge < -0.3 is 15.3 Å². The van der Waals surface area contributed by atoms with Crippen molar-refractivity contribution in [1.29, 1.82) is 0 Å².